The summed E-state index contributed by atoms with van der Waals surface area (Å²) in [5.41, 5.74) is 5.65. The lowest BCUT2D eigenvalue weighted by Gasteiger charge is -2.18. The van der Waals surface area contributed by atoms with Gasteiger partial charge in [0.15, 0.2) is 0 Å². The summed E-state index contributed by atoms with van der Waals surface area (Å²) in [5, 5.41) is 2.71. The molecule has 0 bridgehead atoms. The number of hydrogen-bond acceptors (Lipinski definition) is 4. The molecule has 0 aromatic rings. The largest absolute Gasteiger partial charge is 0.355 e. The molecule has 18 heavy (non-hydrogen) atoms. The van der Waals surface area contributed by atoms with Gasteiger partial charge in [-0.15, -0.1) is 0 Å². The van der Waals surface area contributed by atoms with E-state index < -0.39 is 16.1 Å². The average Bonchev–Trinajstić information content (AvgIpc) is 2.27. The zero-order chi connectivity index (χ0) is 14.2. The van der Waals surface area contributed by atoms with Gasteiger partial charge in [0.2, 0.25) is 15.9 Å². The number of carbonyl (C=O) groups excluding carboxylic acids is 1. The van der Waals surface area contributed by atoms with Crippen molar-refractivity contribution in [3.05, 3.63) is 0 Å². The minimum absolute atomic E-state index is 0.167. The van der Waals surface area contributed by atoms with E-state index >= 15 is 0 Å². The smallest absolute Gasteiger partial charge is 0.236 e. The molecule has 0 fully saturated rings. The lowest BCUT2D eigenvalue weighted by atomic mass is 10.2. The molecule has 0 saturated heterocycles. The van der Waals surface area contributed by atoms with Gasteiger partial charge in [-0.2, -0.15) is 0 Å². The highest BCUT2D eigenvalue weighted by atomic mass is 32.2. The van der Waals surface area contributed by atoms with Crippen LogP contribution in [-0.4, -0.2) is 50.6 Å². The molecule has 7 heteroatoms. The summed E-state index contributed by atoms with van der Waals surface area (Å²) in [6.07, 6.45) is 3.31. The maximum absolute atomic E-state index is 11.5. The molecule has 0 heterocycles. The van der Waals surface area contributed by atoms with Crippen LogP contribution in [0.2, 0.25) is 0 Å². The molecule has 1 atom stereocenters. The zero-order valence-corrected chi connectivity index (χ0v) is 12.3. The van der Waals surface area contributed by atoms with Crippen molar-refractivity contribution in [1.82, 2.24) is 9.62 Å². The van der Waals surface area contributed by atoms with Crippen LogP contribution >= 0.6 is 0 Å². The van der Waals surface area contributed by atoms with Gasteiger partial charge in [0, 0.05) is 19.6 Å². The number of carbonyl (C=O) groups is 1. The molecule has 0 saturated carbocycles. The summed E-state index contributed by atoms with van der Waals surface area (Å²) in [6, 6.07) is -0.466. The second-order valence-corrected chi connectivity index (χ2v) is 6.28. The van der Waals surface area contributed by atoms with Crippen LogP contribution in [0.25, 0.3) is 0 Å². The molecule has 0 aliphatic carbocycles. The van der Waals surface area contributed by atoms with Crippen LogP contribution < -0.4 is 11.1 Å². The van der Waals surface area contributed by atoms with Crippen LogP contribution in [0.4, 0.5) is 0 Å². The average molecular weight is 279 g/mol. The Kier molecular flexibility index (Phi) is 8.13. The topological polar surface area (TPSA) is 92.5 Å². The Hall–Kier alpha value is -0.660. The SMILES string of the molecule is CCC[C@@H](N)C(=O)NCCCN(CC)S(C)(=O)=O. The third kappa shape index (κ3) is 6.93. The summed E-state index contributed by atoms with van der Waals surface area (Å²) in [6.45, 7) is 5.07. The first-order valence-electron chi connectivity index (χ1n) is 6.31. The highest BCUT2D eigenvalue weighted by Gasteiger charge is 2.14. The zero-order valence-electron chi connectivity index (χ0n) is 11.5. The molecule has 108 valence electrons. The monoisotopic (exact) mass is 279 g/mol. The standard InChI is InChI=1S/C11H25N3O3S/c1-4-7-10(12)11(15)13-8-6-9-14(5-2)18(3,16)17/h10H,4-9,12H2,1-3H3,(H,13,15)/t10-/m1/s1. The Labute approximate surface area is 110 Å². The van der Waals surface area contributed by atoms with Gasteiger partial charge in [-0.1, -0.05) is 20.3 Å². The van der Waals surface area contributed by atoms with Crippen molar-refractivity contribution in [2.45, 2.75) is 39.2 Å². The van der Waals surface area contributed by atoms with Crippen LogP contribution in [0.1, 0.15) is 33.1 Å². The van der Waals surface area contributed by atoms with E-state index in [9.17, 15) is 13.2 Å². The minimum Gasteiger partial charge on any atom is -0.355 e. The van der Waals surface area contributed by atoms with E-state index in [4.69, 9.17) is 5.73 Å². The van der Waals surface area contributed by atoms with E-state index in [0.717, 1.165) is 6.42 Å². The molecule has 0 aromatic carbocycles. The molecule has 6 nitrogen and oxygen atoms in total. The van der Waals surface area contributed by atoms with Gasteiger partial charge in [-0.3, -0.25) is 4.79 Å². The molecular formula is C11H25N3O3S. The fraction of sp³-hybridized carbons (Fsp3) is 0.909. The van der Waals surface area contributed by atoms with Crippen LogP contribution in [0.15, 0.2) is 0 Å². The summed E-state index contributed by atoms with van der Waals surface area (Å²) >= 11 is 0. The quantitative estimate of drug-likeness (QED) is 0.577. The number of sulfonamides is 1. The minimum atomic E-state index is -3.14. The van der Waals surface area contributed by atoms with Gasteiger partial charge >= 0.3 is 0 Å². The highest BCUT2D eigenvalue weighted by molar-refractivity contribution is 7.88. The summed E-state index contributed by atoms with van der Waals surface area (Å²) < 4.78 is 24.0. The van der Waals surface area contributed by atoms with Crippen LogP contribution in [0.5, 0.6) is 0 Å². The molecule has 0 spiro atoms. The van der Waals surface area contributed by atoms with E-state index in [2.05, 4.69) is 5.32 Å². The molecule has 0 aliphatic rings. The number of nitrogens with one attached hydrogen (secondary N) is 1. The predicted molar refractivity (Wildman–Crippen MR) is 72.6 cm³/mol. The van der Waals surface area contributed by atoms with E-state index in [1.54, 1.807) is 6.92 Å². The first-order chi connectivity index (χ1) is 8.32. The van der Waals surface area contributed by atoms with Gasteiger partial charge in [-0.25, -0.2) is 12.7 Å². The molecule has 0 aromatic heterocycles. The van der Waals surface area contributed by atoms with Crippen molar-refractivity contribution in [2.75, 3.05) is 25.9 Å². The van der Waals surface area contributed by atoms with E-state index in [1.165, 1.54) is 10.6 Å². The maximum Gasteiger partial charge on any atom is 0.236 e. The molecule has 0 unspecified atom stereocenters. The second-order valence-electron chi connectivity index (χ2n) is 4.29. The summed E-state index contributed by atoms with van der Waals surface area (Å²) in [5.74, 6) is -0.167. The molecular weight excluding hydrogens is 254 g/mol. The third-order valence-corrected chi connectivity index (χ3v) is 4.02. The summed E-state index contributed by atoms with van der Waals surface area (Å²) in [4.78, 5) is 11.5. The van der Waals surface area contributed by atoms with Gasteiger partial charge < -0.3 is 11.1 Å². The van der Waals surface area contributed by atoms with Crippen molar-refractivity contribution < 1.29 is 13.2 Å². The first-order valence-corrected chi connectivity index (χ1v) is 8.16. The Morgan fingerprint density at radius 1 is 1.39 bits per heavy atom. The van der Waals surface area contributed by atoms with Gasteiger partial charge in [0.25, 0.3) is 0 Å². The molecule has 1 amide bonds. The van der Waals surface area contributed by atoms with Crippen LogP contribution in [0, 0.1) is 0 Å². The van der Waals surface area contributed by atoms with E-state index in [-0.39, 0.29) is 5.91 Å². The second kappa shape index (κ2) is 8.44. The van der Waals surface area contributed by atoms with Crippen molar-refractivity contribution in [1.29, 1.82) is 0 Å². The first kappa shape index (κ1) is 17.3. The van der Waals surface area contributed by atoms with Gasteiger partial charge in [-0.05, 0) is 12.8 Å². The van der Waals surface area contributed by atoms with E-state index in [0.29, 0.717) is 32.5 Å². The van der Waals surface area contributed by atoms with Crippen molar-refractivity contribution in [3.8, 4) is 0 Å². The van der Waals surface area contributed by atoms with Crippen LogP contribution in [-0.2, 0) is 14.8 Å². The Morgan fingerprint density at radius 3 is 2.44 bits per heavy atom. The van der Waals surface area contributed by atoms with Crippen LogP contribution in [0.3, 0.4) is 0 Å². The third-order valence-electron chi connectivity index (χ3n) is 2.64. The summed E-state index contributed by atoms with van der Waals surface area (Å²) in [7, 11) is -3.14. The van der Waals surface area contributed by atoms with E-state index in [1.807, 2.05) is 6.92 Å². The maximum atomic E-state index is 11.5. The molecule has 3 N–H and O–H groups in total. The number of rotatable bonds is 9. The van der Waals surface area contributed by atoms with Crippen molar-refractivity contribution in [3.63, 3.8) is 0 Å². The van der Waals surface area contributed by atoms with Crippen molar-refractivity contribution in [2.24, 2.45) is 5.73 Å². The fourth-order valence-corrected chi connectivity index (χ4v) is 2.53. The predicted octanol–water partition coefficient (Wildman–Crippen LogP) is -0.0984. The molecule has 0 rings (SSSR count). The Bertz CT molecular complexity index is 343. The molecule has 0 aliphatic heterocycles. The lowest BCUT2D eigenvalue weighted by Crippen LogP contribution is -2.41. The number of nitrogens with two attached hydrogens (primary N) is 1. The highest BCUT2D eigenvalue weighted by Crippen LogP contribution is 1.98. The lowest BCUT2D eigenvalue weighted by molar-refractivity contribution is -0.122. The Morgan fingerprint density at radius 2 is 2.00 bits per heavy atom. The van der Waals surface area contributed by atoms with Gasteiger partial charge in [0.1, 0.15) is 0 Å². The van der Waals surface area contributed by atoms with Gasteiger partial charge in [0.05, 0.1) is 12.3 Å². The Balaban J connectivity index is 3.89. The molecule has 0 radical (unpaired) electrons. The number of nitrogens with zero attached hydrogens (tertiary/aromatic N) is 1. The number of hydrogen-bond donors (Lipinski definition) is 2. The van der Waals surface area contributed by atoms with Crippen molar-refractivity contribution >= 4 is 15.9 Å². The fourth-order valence-electron chi connectivity index (χ4n) is 1.60. The normalized spacial score (nSPS) is 13.6. The number of amides is 1.